The van der Waals surface area contributed by atoms with Crippen LogP contribution in [0.5, 0.6) is 0 Å². The Hall–Kier alpha value is -1.13. The molecule has 0 aliphatic carbocycles. The molecule has 6 heteroatoms. The number of nitrogens with one attached hydrogen (secondary N) is 2. The Labute approximate surface area is 136 Å². The fraction of sp³-hybridized carbons (Fsp3) is 0.533. The third-order valence-corrected chi connectivity index (χ3v) is 3.31. The highest BCUT2D eigenvalue weighted by atomic mass is 35.5. The van der Waals surface area contributed by atoms with E-state index in [1.807, 2.05) is 33.8 Å². The maximum atomic E-state index is 11.5. The monoisotopic (exact) mass is 332 g/mol. The predicted molar refractivity (Wildman–Crippen MR) is 88.4 cm³/mol. The van der Waals surface area contributed by atoms with Crippen molar-refractivity contribution < 1.29 is 9.53 Å². The summed E-state index contributed by atoms with van der Waals surface area (Å²) in [7, 11) is 0. The number of amides is 1. The molecule has 0 fully saturated rings. The third-order valence-electron chi connectivity index (χ3n) is 2.57. The molecule has 0 radical (unpaired) electrons. The summed E-state index contributed by atoms with van der Waals surface area (Å²) in [6, 6.07) is 5.38. The van der Waals surface area contributed by atoms with E-state index >= 15 is 0 Å². The second kappa shape index (κ2) is 7.76. The van der Waals surface area contributed by atoms with Crippen molar-refractivity contribution in [3.63, 3.8) is 0 Å². The first-order valence-electron chi connectivity index (χ1n) is 6.83. The summed E-state index contributed by atoms with van der Waals surface area (Å²) in [6.45, 7) is 8.77. The Kier molecular flexibility index (Phi) is 6.62. The lowest BCUT2D eigenvalue weighted by Crippen LogP contribution is -2.36. The Morgan fingerprint density at radius 2 is 1.90 bits per heavy atom. The van der Waals surface area contributed by atoms with Crippen LogP contribution in [0, 0.1) is 5.92 Å². The normalized spacial score (nSPS) is 12.7. The first kappa shape index (κ1) is 17.9. The van der Waals surface area contributed by atoms with Crippen LogP contribution < -0.4 is 10.6 Å². The highest BCUT2D eigenvalue weighted by Crippen LogP contribution is 2.25. The largest absolute Gasteiger partial charge is 0.444 e. The number of hydrogen-bond donors (Lipinski definition) is 2. The summed E-state index contributed by atoms with van der Waals surface area (Å²) < 4.78 is 5.18. The maximum Gasteiger partial charge on any atom is 0.407 e. The minimum atomic E-state index is -0.481. The minimum Gasteiger partial charge on any atom is -0.444 e. The van der Waals surface area contributed by atoms with E-state index in [9.17, 15) is 4.79 Å². The van der Waals surface area contributed by atoms with Gasteiger partial charge in [0.15, 0.2) is 0 Å². The molecule has 1 unspecified atom stereocenters. The van der Waals surface area contributed by atoms with Gasteiger partial charge in [0, 0.05) is 18.8 Å². The molecule has 0 aliphatic heterocycles. The molecule has 118 valence electrons. The second-order valence-electron chi connectivity index (χ2n) is 6.00. The predicted octanol–water partition coefficient (Wildman–Crippen LogP) is 4.57. The van der Waals surface area contributed by atoms with Crippen molar-refractivity contribution in [2.24, 2.45) is 5.92 Å². The zero-order valence-corrected chi connectivity index (χ0v) is 14.3. The van der Waals surface area contributed by atoms with Crippen LogP contribution in [0.2, 0.25) is 10.0 Å². The topological polar surface area (TPSA) is 50.4 Å². The molecule has 0 bridgehead atoms. The highest BCUT2D eigenvalue weighted by molar-refractivity contribution is 6.42. The molecule has 1 atom stereocenters. The number of benzene rings is 1. The van der Waals surface area contributed by atoms with E-state index in [-0.39, 0.29) is 5.92 Å². The van der Waals surface area contributed by atoms with Crippen molar-refractivity contribution in [1.82, 2.24) is 5.32 Å². The van der Waals surface area contributed by atoms with Crippen LogP contribution >= 0.6 is 23.2 Å². The maximum absolute atomic E-state index is 11.5. The Balaban J connectivity index is 2.32. The molecule has 4 nitrogen and oxygen atoms in total. The summed E-state index contributed by atoms with van der Waals surface area (Å²) >= 11 is 11.8. The van der Waals surface area contributed by atoms with Gasteiger partial charge in [0.05, 0.1) is 10.0 Å². The van der Waals surface area contributed by atoms with Crippen molar-refractivity contribution in [2.75, 3.05) is 18.4 Å². The molecular weight excluding hydrogens is 311 g/mol. The molecule has 21 heavy (non-hydrogen) atoms. The number of alkyl carbamates (subject to hydrolysis) is 1. The van der Waals surface area contributed by atoms with Gasteiger partial charge in [-0.2, -0.15) is 0 Å². The average Bonchev–Trinajstić information content (AvgIpc) is 2.36. The molecule has 0 aliphatic rings. The summed E-state index contributed by atoms with van der Waals surface area (Å²) in [6.07, 6.45) is -0.399. The molecule has 0 saturated heterocycles. The lowest BCUT2D eigenvalue weighted by molar-refractivity contribution is 0.0521. The molecule has 1 aromatic rings. The molecule has 0 aromatic heterocycles. The van der Waals surface area contributed by atoms with Gasteiger partial charge in [0.2, 0.25) is 0 Å². The Bertz CT molecular complexity index is 487. The van der Waals surface area contributed by atoms with Crippen LogP contribution in [-0.2, 0) is 4.74 Å². The summed E-state index contributed by atoms with van der Waals surface area (Å²) in [5.74, 6) is 0.243. The van der Waals surface area contributed by atoms with Crippen LogP contribution in [-0.4, -0.2) is 24.8 Å². The van der Waals surface area contributed by atoms with Crippen molar-refractivity contribution >= 4 is 35.0 Å². The molecule has 1 amide bonds. The van der Waals surface area contributed by atoms with E-state index in [0.717, 1.165) is 5.69 Å². The van der Waals surface area contributed by atoms with E-state index < -0.39 is 11.7 Å². The van der Waals surface area contributed by atoms with Crippen LogP contribution in [0.15, 0.2) is 18.2 Å². The zero-order valence-electron chi connectivity index (χ0n) is 12.8. The van der Waals surface area contributed by atoms with Gasteiger partial charge in [-0.1, -0.05) is 30.1 Å². The molecule has 0 spiro atoms. The van der Waals surface area contributed by atoms with Crippen molar-refractivity contribution in [1.29, 1.82) is 0 Å². The Morgan fingerprint density at radius 3 is 2.48 bits per heavy atom. The first-order valence-corrected chi connectivity index (χ1v) is 7.59. The van der Waals surface area contributed by atoms with Gasteiger partial charge >= 0.3 is 6.09 Å². The minimum absolute atomic E-state index is 0.243. The first-order chi connectivity index (χ1) is 9.67. The van der Waals surface area contributed by atoms with Crippen LogP contribution in [0.1, 0.15) is 27.7 Å². The van der Waals surface area contributed by atoms with Crippen LogP contribution in [0.4, 0.5) is 10.5 Å². The standard InChI is InChI=1S/C15H22Cl2N2O2/c1-10(9-19-14(20)21-15(2,3)4)8-18-11-5-6-12(16)13(17)7-11/h5-7,10,18H,8-9H2,1-4H3,(H,19,20). The quantitative estimate of drug-likeness (QED) is 0.830. The number of carbonyl (C=O) groups is 1. The zero-order chi connectivity index (χ0) is 16.0. The van der Waals surface area contributed by atoms with E-state index in [4.69, 9.17) is 27.9 Å². The number of halogens is 2. The van der Waals surface area contributed by atoms with Gasteiger partial charge in [-0.05, 0) is 44.9 Å². The van der Waals surface area contributed by atoms with Crippen molar-refractivity contribution in [3.05, 3.63) is 28.2 Å². The molecule has 0 saturated carbocycles. The van der Waals surface area contributed by atoms with Crippen LogP contribution in [0.25, 0.3) is 0 Å². The van der Waals surface area contributed by atoms with Gasteiger partial charge in [-0.15, -0.1) is 0 Å². The van der Waals surface area contributed by atoms with E-state index in [1.54, 1.807) is 12.1 Å². The van der Waals surface area contributed by atoms with E-state index in [1.165, 1.54) is 0 Å². The van der Waals surface area contributed by atoms with Crippen molar-refractivity contribution in [2.45, 2.75) is 33.3 Å². The van der Waals surface area contributed by atoms with Gasteiger partial charge in [0.25, 0.3) is 0 Å². The highest BCUT2D eigenvalue weighted by Gasteiger charge is 2.16. The van der Waals surface area contributed by atoms with E-state index in [2.05, 4.69) is 10.6 Å². The van der Waals surface area contributed by atoms with Gasteiger partial charge in [0.1, 0.15) is 5.60 Å². The smallest absolute Gasteiger partial charge is 0.407 e. The average molecular weight is 333 g/mol. The van der Waals surface area contributed by atoms with Gasteiger partial charge in [-0.3, -0.25) is 0 Å². The van der Waals surface area contributed by atoms with Gasteiger partial charge in [-0.25, -0.2) is 4.79 Å². The molecule has 2 N–H and O–H groups in total. The lowest BCUT2D eigenvalue weighted by Gasteiger charge is -2.21. The molecular formula is C15H22Cl2N2O2. The third kappa shape index (κ3) is 7.44. The number of ether oxygens (including phenoxy) is 1. The van der Waals surface area contributed by atoms with Gasteiger partial charge < -0.3 is 15.4 Å². The lowest BCUT2D eigenvalue weighted by atomic mass is 10.1. The number of anilines is 1. The number of rotatable bonds is 5. The number of hydrogen-bond acceptors (Lipinski definition) is 3. The van der Waals surface area contributed by atoms with Crippen LogP contribution in [0.3, 0.4) is 0 Å². The van der Waals surface area contributed by atoms with Crippen molar-refractivity contribution in [3.8, 4) is 0 Å². The summed E-state index contributed by atoms with van der Waals surface area (Å²) in [5, 5.41) is 7.04. The fourth-order valence-corrected chi connectivity index (χ4v) is 1.84. The molecule has 1 rings (SSSR count). The summed E-state index contributed by atoms with van der Waals surface area (Å²) in [4.78, 5) is 11.5. The Morgan fingerprint density at radius 1 is 1.24 bits per heavy atom. The SMILES string of the molecule is CC(CNC(=O)OC(C)(C)C)CNc1ccc(Cl)c(Cl)c1. The number of carbonyl (C=O) groups excluding carboxylic acids is 1. The summed E-state index contributed by atoms with van der Waals surface area (Å²) in [5.41, 5.74) is 0.416. The van der Waals surface area contributed by atoms with E-state index in [0.29, 0.717) is 23.1 Å². The molecule has 1 aromatic carbocycles. The fourth-order valence-electron chi connectivity index (χ4n) is 1.54. The molecule has 0 heterocycles. The second-order valence-corrected chi connectivity index (χ2v) is 6.81.